The highest BCUT2D eigenvalue weighted by molar-refractivity contribution is 9.09. The van der Waals surface area contributed by atoms with Crippen LogP contribution in [0.4, 0.5) is 0 Å². The summed E-state index contributed by atoms with van der Waals surface area (Å²) in [6, 6.07) is 0. The number of hydrogen-bond acceptors (Lipinski definition) is 0. The zero-order chi connectivity index (χ0) is 8.10. The van der Waals surface area contributed by atoms with Crippen molar-refractivity contribution in [2.45, 2.75) is 19.4 Å². The first kappa shape index (κ1) is 12.2. The van der Waals surface area contributed by atoms with Gasteiger partial charge in [0.05, 0.1) is 13.6 Å². The molecule has 0 saturated heterocycles. The van der Waals surface area contributed by atoms with Gasteiger partial charge in [0.1, 0.15) is 12.4 Å². The fourth-order valence-corrected chi connectivity index (χ4v) is 1.42. The molecule has 0 N–H and O–H groups in total. The van der Waals surface area contributed by atoms with Gasteiger partial charge in [0, 0.05) is 5.33 Å². The summed E-state index contributed by atoms with van der Waals surface area (Å²) in [5.74, 6) is 0. The summed E-state index contributed by atoms with van der Waals surface area (Å²) in [6.07, 6.45) is 8.78. The minimum absolute atomic E-state index is 0. The molecule has 0 unspecified atom stereocenters. The van der Waals surface area contributed by atoms with Crippen molar-refractivity contribution in [3.05, 3.63) is 18.7 Å². The number of hydrogen-bond donors (Lipinski definition) is 0. The van der Waals surface area contributed by atoms with Crippen molar-refractivity contribution in [1.29, 1.82) is 0 Å². The number of unbranched alkanes of at least 4 members (excludes halogenated alkanes) is 1. The summed E-state index contributed by atoms with van der Waals surface area (Å²) < 4.78 is 4.27. The molecule has 0 spiro atoms. The molecular formula is C8H14Br2N2. The molecule has 1 aromatic rings. The predicted octanol–water partition coefficient (Wildman–Crippen LogP) is -1.51. The van der Waals surface area contributed by atoms with E-state index in [2.05, 4.69) is 43.8 Å². The molecule has 0 amide bonds. The molecule has 0 fully saturated rings. The van der Waals surface area contributed by atoms with E-state index < -0.39 is 0 Å². The molecule has 0 bridgehead atoms. The quantitative estimate of drug-likeness (QED) is 0.363. The van der Waals surface area contributed by atoms with Crippen LogP contribution in [0.2, 0.25) is 0 Å². The van der Waals surface area contributed by atoms with E-state index in [1.807, 2.05) is 7.05 Å². The number of aromatic nitrogens is 2. The molecule has 1 aromatic heterocycles. The highest BCUT2D eigenvalue weighted by Crippen LogP contribution is 1.96. The van der Waals surface area contributed by atoms with Gasteiger partial charge >= 0.3 is 0 Å². The molecule has 0 atom stereocenters. The molecule has 0 saturated carbocycles. The van der Waals surface area contributed by atoms with Crippen molar-refractivity contribution in [3.63, 3.8) is 0 Å². The standard InChI is InChI=1S/C8H14BrN2.BrH/c1-10-6-7-11(8-10)5-3-2-4-9;/h6-8H,2-5H2,1H3;1H/q+1;/p-1. The first-order chi connectivity index (χ1) is 5.33. The lowest BCUT2D eigenvalue weighted by Gasteiger charge is -1.92. The van der Waals surface area contributed by atoms with Gasteiger partial charge in [-0.15, -0.1) is 0 Å². The van der Waals surface area contributed by atoms with E-state index in [0.29, 0.717) is 0 Å². The van der Waals surface area contributed by atoms with E-state index in [1.165, 1.54) is 12.8 Å². The van der Waals surface area contributed by atoms with Crippen LogP contribution in [-0.2, 0) is 13.6 Å². The Morgan fingerprint density at radius 3 is 2.67 bits per heavy atom. The maximum Gasteiger partial charge on any atom is 0.243 e. The number of alkyl halides is 1. The second-order valence-corrected chi connectivity index (χ2v) is 3.51. The fourth-order valence-electron chi connectivity index (χ4n) is 1.02. The average molecular weight is 298 g/mol. The van der Waals surface area contributed by atoms with Gasteiger partial charge in [-0.1, -0.05) is 15.9 Å². The van der Waals surface area contributed by atoms with Crippen molar-refractivity contribution in [3.8, 4) is 0 Å². The van der Waals surface area contributed by atoms with Gasteiger partial charge in [0.25, 0.3) is 0 Å². The van der Waals surface area contributed by atoms with E-state index in [9.17, 15) is 0 Å². The number of aryl methyl sites for hydroxylation is 2. The minimum Gasteiger partial charge on any atom is -1.00 e. The Hall–Kier alpha value is 0.170. The van der Waals surface area contributed by atoms with Crippen molar-refractivity contribution in [1.82, 2.24) is 4.57 Å². The third-order valence-electron chi connectivity index (χ3n) is 1.62. The van der Waals surface area contributed by atoms with Crippen LogP contribution < -0.4 is 21.5 Å². The summed E-state index contributed by atoms with van der Waals surface area (Å²) >= 11 is 3.41. The van der Waals surface area contributed by atoms with E-state index in [-0.39, 0.29) is 17.0 Å². The highest BCUT2D eigenvalue weighted by atomic mass is 79.9. The van der Waals surface area contributed by atoms with Gasteiger partial charge in [-0.05, 0) is 12.8 Å². The van der Waals surface area contributed by atoms with E-state index >= 15 is 0 Å². The second kappa shape index (κ2) is 6.66. The van der Waals surface area contributed by atoms with Crippen LogP contribution in [0.5, 0.6) is 0 Å². The normalized spacial score (nSPS) is 9.50. The maximum atomic E-state index is 3.41. The first-order valence-electron chi connectivity index (χ1n) is 3.90. The first-order valence-corrected chi connectivity index (χ1v) is 5.02. The van der Waals surface area contributed by atoms with Crippen LogP contribution in [0.1, 0.15) is 12.8 Å². The van der Waals surface area contributed by atoms with Gasteiger partial charge in [0.2, 0.25) is 6.33 Å². The Kier molecular flexibility index (Phi) is 6.76. The highest BCUT2D eigenvalue weighted by Gasteiger charge is 1.97. The fraction of sp³-hybridized carbons (Fsp3) is 0.625. The molecule has 1 heterocycles. The molecule has 0 aromatic carbocycles. The molecule has 1 rings (SSSR count). The Morgan fingerprint density at radius 2 is 2.17 bits per heavy atom. The van der Waals surface area contributed by atoms with Crippen LogP contribution >= 0.6 is 15.9 Å². The van der Waals surface area contributed by atoms with E-state index in [1.54, 1.807) is 0 Å². The minimum atomic E-state index is 0. The monoisotopic (exact) mass is 296 g/mol. The Morgan fingerprint density at radius 1 is 1.42 bits per heavy atom. The van der Waals surface area contributed by atoms with E-state index in [0.717, 1.165) is 11.9 Å². The Labute approximate surface area is 92.5 Å². The lowest BCUT2D eigenvalue weighted by Crippen LogP contribution is -3.00. The summed E-state index contributed by atoms with van der Waals surface area (Å²) in [5, 5.41) is 1.11. The molecular weight excluding hydrogens is 284 g/mol. The molecule has 0 aliphatic heterocycles. The maximum absolute atomic E-state index is 3.41. The summed E-state index contributed by atoms with van der Waals surface area (Å²) in [5.41, 5.74) is 0. The third-order valence-corrected chi connectivity index (χ3v) is 2.18. The van der Waals surface area contributed by atoms with E-state index in [4.69, 9.17) is 0 Å². The van der Waals surface area contributed by atoms with Crippen LogP contribution in [-0.4, -0.2) is 9.90 Å². The third kappa shape index (κ3) is 4.26. The SMILES string of the molecule is C[n+]1ccn(CCCCBr)c1.[Br-]. The number of nitrogens with zero attached hydrogens (tertiary/aromatic N) is 2. The van der Waals surface area contributed by atoms with Crippen LogP contribution in [0.15, 0.2) is 18.7 Å². The van der Waals surface area contributed by atoms with Gasteiger partial charge in [-0.25, -0.2) is 9.13 Å². The molecule has 4 heteroatoms. The number of halogens is 2. The number of rotatable bonds is 4. The molecule has 70 valence electrons. The Bertz CT molecular complexity index is 211. The molecule has 2 nitrogen and oxygen atoms in total. The van der Waals surface area contributed by atoms with Crippen LogP contribution in [0.25, 0.3) is 0 Å². The molecule has 0 aliphatic carbocycles. The van der Waals surface area contributed by atoms with Crippen molar-refractivity contribution in [2.75, 3.05) is 5.33 Å². The van der Waals surface area contributed by atoms with Crippen LogP contribution in [0.3, 0.4) is 0 Å². The summed E-state index contributed by atoms with van der Waals surface area (Å²) in [7, 11) is 2.04. The Balaban J connectivity index is 0.00000121. The van der Waals surface area contributed by atoms with Gasteiger partial charge in [-0.2, -0.15) is 0 Å². The molecule has 0 radical (unpaired) electrons. The van der Waals surface area contributed by atoms with Gasteiger partial charge in [-0.3, -0.25) is 0 Å². The van der Waals surface area contributed by atoms with Crippen molar-refractivity contribution < 1.29 is 21.5 Å². The van der Waals surface area contributed by atoms with Crippen LogP contribution in [0, 0.1) is 0 Å². The molecule has 0 aliphatic rings. The smallest absolute Gasteiger partial charge is 0.243 e. The lowest BCUT2D eigenvalue weighted by atomic mass is 10.3. The average Bonchev–Trinajstić information content (AvgIpc) is 2.37. The van der Waals surface area contributed by atoms with Gasteiger partial charge in [0.15, 0.2) is 0 Å². The second-order valence-electron chi connectivity index (χ2n) is 2.71. The predicted molar refractivity (Wildman–Crippen MR) is 48.6 cm³/mol. The zero-order valence-electron chi connectivity index (χ0n) is 7.21. The van der Waals surface area contributed by atoms with Crippen molar-refractivity contribution >= 4 is 15.9 Å². The zero-order valence-corrected chi connectivity index (χ0v) is 10.4. The topological polar surface area (TPSA) is 8.81 Å². The molecule has 12 heavy (non-hydrogen) atoms. The summed E-state index contributed by atoms with van der Waals surface area (Å²) in [4.78, 5) is 0. The van der Waals surface area contributed by atoms with Crippen molar-refractivity contribution in [2.24, 2.45) is 7.05 Å². The van der Waals surface area contributed by atoms with Gasteiger partial charge < -0.3 is 17.0 Å². The largest absolute Gasteiger partial charge is 1.00 e. The lowest BCUT2D eigenvalue weighted by molar-refractivity contribution is -0.671. The number of imidazole rings is 1. The summed E-state index contributed by atoms with van der Waals surface area (Å²) in [6.45, 7) is 1.13.